The van der Waals surface area contributed by atoms with E-state index in [0.29, 0.717) is 5.37 Å². The first kappa shape index (κ1) is 8.91. The molecule has 64 valence electrons. The van der Waals surface area contributed by atoms with Gasteiger partial charge in [-0.2, -0.15) is 0 Å². The van der Waals surface area contributed by atoms with Gasteiger partial charge in [-0.15, -0.1) is 11.8 Å². The molecule has 0 aliphatic carbocycles. The van der Waals surface area contributed by atoms with Crippen LogP contribution in [-0.4, -0.2) is 16.0 Å². The highest BCUT2D eigenvalue weighted by Gasteiger charge is 2.37. The molecule has 0 aromatic heterocycles. The Morgan fingerprint density at radius 1 is 1.45 bits per heavy atom. The number of thioether (sulfide) groups is 1. The number of carbonyl (C=O) groups is 1. The van der Waals surface area contributed by atoms with Gasteiger partial charge in [-0.25, -0.2) is 0 Å². The molecule has 2 atom stereocenters. The van der Waals surface area contributed by atoms with Gasteiger partial charge in [-0.3, -0.25) is 4.79 Å². The normalized spacial score (nSPS) is 31.1. The largest absolute Gasteiger partial charge is 0.343 e. The van der Waals surface area contributed by atoms with Gasteiger partial charge in [0.25, 0.3) is 0 Å². The van der Waals surface area contributed by atoms with Crippen LogP contribution in [0.5, 0.6) is 0 Å². The molecule has 1 saturated heterocycles. The van der Waals surface area contributed by atoms with E-state index in [1.54, 1.807) is 0 Å². The van der Waals surface area contributed by atoms with Crippen LogP contribution in [0.3, 0.4) is 0 Å². The molecule has 0 aromatic carbocycles. The van der Waals surface area contributed by atoms with Crippen LogP contribution in [0, 0.1) is 5.92 Å². The molecule has 3 heteroatoms. The summed E-state index contributed by atoms with van der Waals surface area (Å²) in [5, 5.41) is 3.21. The van der Waals surface area contributed by atoms with Crippen molar-refractivity contribution in [2.75, 3.05) is 0 Å². The quantitative estimate of drug-likeness (QED) is 0.610. The Hall–Kier alpha value is -0.180. The maximum Gasteiger partial charge on any atom is 0.226 e. The molecule has 11 heavy (non-hydrogen) atoms. The van der Waals surface area contributed by atoms with Crippen molar-refractivity contribution in [2.45, 2.75) is 37.8 Å². The fraction of sp³-hybridized carbons (Fsp3) is 0.875. The number of nitrogens with one attached hydrogen (secondary N) is 1. The van der Waals surface area contributed by atoms with Crippen molar-refractivity contribution in [3.63, 3.8) is 0 Å². The van der Waals surface area contributed by atoms with Crippen LogP contribution >= 0.6 is 11.8 Å². The Kier molecular flexibility index (Phi) is 2.19. The molecule has 2 unspecified atom stereocenters. The summed E-state index contributed by atoms with van der Waals surface area (Å²) in [7, 11) is 0. The number of amides is 1. The lowest BCUT2D eigenvalue weighted by Crippen LogP contribution is -2.55. The smallest absolute Gasteiger partial charge is 0.226 e. The van der Waals surface area contributed by atoms with E-state index in [0.717, 1.165) is 0 Å². The number of rotatable bonds is 1. The van der Waals surface area contributed by atoms with Gasteiger partial charge >= 0.3 is 0 Å². The van der Waals surface area contributed by atoms with E-state index >= 15 is 0 Å². The lowest BCUT2D eigenvalue weighted by atomic mass is 10.1. The van der Waals surface area contributed by atoms with E-state index in [1.807, 2.05) is 18.7 Å². The second kappa shape index (κ2) is 2.70. The molecule has 0 spiro atoms. The minimum absolute atomic E-state index is 0.187. The molecule has 1 amide bonds. The summed E-state index contributed by atoms with van der Waals surface area (Å²) in [5.74, 6) is 0.381. The molecule has 0 aromatic rings. The van der Waals surface area contributed by atoms with Gasteiger partial charge in [0.2, 0.25) is 5.91 Å². The standard InChI is InChI=1S/C8H15NOS/c1-5-6(10)9-7(5)11-8(2,3)4/h5,7H,1-4H3,(H,9,10). The van der Waals surface area contributed by atoms with E-state index in [1.165, 1.54) is 0 Å². The van der Waals surface area contributed by atoms with Gasteiger partial charge in [0, 0.05) is 4.75 Å². The van der Waals surface area contributed by atoms with Crippen molar-refractivity contribution < 1.29 is 4.79 Å². The predicted octanol–water partition coefficient (Wildman–Crippen LogP) is 1.61. The molecular weight excluding hydrogens is 158 g/mol. The molecule has 1 aliphatic heterocycles. The van der Waals surface area contributed by atoms with Crippen LogP contribution in [0.2, 0.25) is 0 Å². The number of hydrogen-bond acceptors (Lipinski definition) is 2. The molecule has 0 radical (unpaired) electrons. The minimum Gasteiger partial charge on any atom is -0.343 e. The average molecular weight is 173 g/mol. The monoisotopic (exact) mass is 173 g/mol. The molecule has 1 heterocycles. The zero-order valence-electron chi connectivity index (χ0n) is 7.47. The zero-order valence-corrected chi connectivity index (χ0v) is 8.29. The van der Waals surface area contributed by atoms with Gasteiger partial charge in [0.05, 0.1) is 11.3 Å². The lowest BCUT2D eigenvalue weighted by molar-refractivity contribution is -0.131. The van der Waals surface area contributed by atoms with Crippen molar-refractivity contribution in [2.24, 2.45) is 5.92 Å². The molecule has 0 saturated carbocycles. The lowest BCUT2D eigenvalue weighted by Gasteiger charge is -2.37. The summed E-state index contributed by atoms with van der Waals surface area (Å²) >= 11 is 1.82. The zero-order chi connectivity index (χ0) is 8.65. The summed E-state index contributed by atoms with van der Waals surface area (Å²) in [6, 6.07) is 0. The van der Waals surface area contributed by atoms with Gasteiger partial charge in [0.15, 0.2) is 0 Å². The third kappa shape index (κ3) is 2.12. The van der Waals surface area contributed by atoms with Crippen LogP contribution in [0.25, 0.3) is 0 Å². The van der Waals surface area contributed by atoms with Gasteiger partial charge in [-0.05, 0) is 0 Å². The minimum atomic E-state index is 0.187. The summed E-state index contributed by atoms with van der Waals surface area (Å²) in [5.41, 5.74) is 0. The summed E-state index contributed by atoms with van der Waals surface area (Å²) in [6.45, 7) is 8.46. The van der Waals surface area contributed by atoms with Crippen LogP contribution in [0.15, 0.2) is 0 Å². The first-order chi connectivity index (χ1) is 4.90. The topological polar surface area (TPSA) is 29.1 Å². The number of β-lactam (4-membered cyclic amide) rings is 1. The van der Waals surface area contributed by atoms with Gasteiger partial charge in [0.1, 0.15) is 0 Å². The van der Waals surface area contributed by atoms with E-state index in [2.05, 4.69) is 26.1 Å². The Morgan fingerprint density at radius 3 is 2.27 bits per heavy atom. The Morgan fingerprint density at radius 2 is 2.00 bits per heavy atom. The van der Waals surface area contributed by atoms with Crippen molar-refractivity contribution in [3.05, 3.63) is 0 Å². The molecule has 2 nitrogen and oxygen atoms in total. The average Bonchev–Trinajstić information content (AvgIpc) is 1.84. The third-order valence-electron chi connectivity index (χ3n) is 1.63. The molecule has 1 aliphatic rings. The van der Waals surface area contributed by atoms with Crippen molar-refractivity contribution in [1.29, 1.82) is 0 Å². The molecule has 1 rings (SSSR count). The maximum atomic E-state index is 10.8. The van der Waals surface area contributed by atoms with Crippen LogP contribution < -0.4 is 5.32 Å². The molecule has 1 N–H and O–H groups in total. The first-order valence-corrected chi connectivity index (χ1v) is 4.76. The van der Waals surface area contributed by atoms with E-state index < -0.39 is 0 Å². The Bertz CT molecular complexity index is 173. The summed E-state index contributed by atoms with van der Waals surface area (Å²) in [6.07, 6.45) is 0. The fourth-order valence-electron chi connectivity index (χ4n) is 0.950. The molecule has 1 fully saturated rings. The third-order valence-corrected chi connectivity index (χ3v) is 3.12. The predicted molar refractivity (Wildman–Crippen MR) is 48.4 cm³/mol. The van der Waals surface area contributed by atoms with Crippen molar-refractivity contribution in [1.82, 2.24) is 5.32 Å². The fourth-order valence-corrected chi connectivity index (χ4v) is 2.21. The highest BCUT2D eigenvalue weighted by atomic mass is 32.2. The van der Waals surface area contributed by atoms with Crippen molar-refractivity contribution >= 4 is 17.7 Å². The van der Waals surface area contributed by atoms with Crippen LogP contribution in [-0.2, 0) is 4.79 Å². The van der Waals surface area contributed by atoms with Crippen LogP contribution in [0.4, 0.5) is 0 Å². The van der Waals surface area contributed by atoms with Gasteiger partial charge < -0.3 is 5.32 Å². The Labute approximate surface area is 72.1 Å². The summed E-state index contributed by atoms with van der Waals surface area (Å²) in [4.78, 5) is 10.8. The molecule has 0 bridgehead atoms. The number of carbonyl (C=O) groups excluding carboxylic acids is 1. The van der Waals surface area contributed by atoms with E-state index in [-0.39, 0.29) is 16.6 Å². The SMILES string of the molecule is CC1C(=O)NC1SC(C)(C)C. The number of hydrogen-bond donors (Lipinski definition) is 1. The highest BCUT2D eigenvalue weighted by Crippen LogP contribution is 2.34. The van der Waals surface area contributed by atoms with Crippen LogP contribution in [0.1, 0.15) is 27.7 Å². The second-order valence-electron chi connectivity index (χ2n) is 3.95. The van der Waals surface area contributed by atoms with Gasteiger partial charge in [-0.1, -0.05) is 27.7 Å². The Balaban J connectivity index is 2.36. The van der Waals surface area contributed by atoms with E-state index in [4.69, 9.17) is 0 Å². The second-order valence-corrected chi connectivity index (χ2v) is 5.92. The van der Waals surface area contributed by atoms with E-state index in [9.17, 15) is 4.79 Å². The van der Waals surface area contributed by atoms with Crippen molar-refractivity contribution in [3.8, 4) is 0 Å². The highest BCUT2D eigenvalue weighted by molar-refractivity contribution is 8.01. The maximum absolute atomic E-state index is 10.8. The first-order valence-electron chi connectivity index (χ1n) is 3.88. The summed E-state index contributed by atoms with van der Waals surface area (Å²) < 4.78 is 0.243. The molecular formula is C8H15NOS.